The van der Waals surface area contributed by atoms with Gasteiger partial charge in [-0.2, -0.15) is 4.98 Å². The minimum Gasteiger partial charge on any atom is -0.338 e. The SMILES string of the molecule is CC(Sc1nnc(-c2ccc(Cl)cc2)n1C)c1nc(-c2cccs2)no1. The Labute approximate surface area is 163 Å². The molecule has 26 heavy (non-hydrogen) atoms. The lowest BCUT2D eigenvalue weighted by Crippen LogP contribution is -1.97. The van der Waals surface area contributed by atoms with E-state index in [0.29, 0.717) is 16.7 Å². The standard InChI is InChI=1S/C17H14ClN5OS2/c1-10(16-19-14(22-24-16)13-4-3-9-25-13)26-17-21-20-15(23(17)2)11-5-7-12(18)8-6-11/h3-10H,1-2H3. The van der Waals surface area contributed by atoms with Gasteiger partial charge in [0.05, 0.1) is 10.1 Å². The number of hydrogen-bond acceptors (Lipinski definition) is 7. The zero-order valence-corrected chi connectivity index (χ0v) is 16.3. The van der Waals surface area contributed by atoms with E-state index in [1.54, 1.807) is 11.3 Å². The summed E-state index contributed by atoms with van der Waals surface area (Å²) in [6, 6.07) is 11.5. The highest BCUT2D eigenvalue weighted by atomic mass is 35.5. The van der Waals surface area contributed by atoms with Crippen LogP contribution in [0.3, 0.4) is 0 Å². The zero-order valence-electron chi connectivity index (χ0n) is 14.0. The summed E-state index contributed by atoms with van der Waals surface area (Å²) in [7, 11) is 1.93. The minimum atomic E-state index is -0.0443. The molecule has 0 amide bonds. The molecule has 0 spiro atoms. The number of aromatic nitrogens is 5. The molecular formula is C17H14ClN5OS2. The van der Waals surface area contributed by atoms with Crippen LogP contribution in [0.2, 0.25) is 5.02 Å². The summed E-state index contributed by atoms with van der Waals surface area (Å²) in [6.07, 6.45) is 0. The lowest BCUT2D eigenvalue weighted by Gasteiger charge is -2.06. The molecule has 0 aliphatic carbocycles. The van der Waals surface area contributed by atoms with Gasteiger partial charge in [-0.05, 0) is 42.6 Å². The molecule has 0 saturated heterocycles. The van der Waals surface area contributed by atoms with Crippen molar-refractivity contribution in [2.45, 2.75) is 17.3 Å². The van der Waals surface area contributed by atoms with Gasteiger partial charge < -0.3 is 9.09 Å². The van der Waals surface area contributed by atoms with Gasteiger partial charge in [0.15, 0.2) is 11.0 Å². The molecule has 0 fully saturated rings. The highest BCUT2D eigenvalue weighted by Crippen LogP contribution is 2.35. The zero-order chi connectivity index (χ0) is 18.1. The topological polar surface area (TPSA) is 69.6 Å². The van der Waals surface area contributed by atoms with E-state index in [2.05, 4.69) is 20.3 Å². The van der Waals surface area contributed by atoms with Crippen LogP contribution >= 0.6 is 34.7 Å². The first-order chi connectivity index (χ1) is 12.6. The molecule has 1 aromatic carbocycles. The Morgan fingerprint density at radius 2 is 2.00 bits per heavy atom. The van der Waals surface area contributed by atoms with Crippen LogP contribution in [-0.2, 0) is 7.05 Å². The van der Waals surface area contributed by atoms with Crippen molar-refractivity contribution in [3.63, 3.8) is 0 Å². The summed E-state index contributed by atoms with van der Waals surface area (Å²) in [5, 5.41) is 16.1. The maximum absolute atomic E-state index is 5.95. The minimum absolute atomic E-state index is 0.0443. The van der Waals surface area contributed by atoms with Gasteiger partial charge >= 0.3 is 0 Å². The highest BCUT2D eigenvalue weighted by Gasteiger charge is 2.20. The van der Waals surface area contributed by atoms with Crippen molar-refractivity contribution in [3.05, 3.63) is 52.7 Å². The second kappa shape index (κ2) is 7.22. The average Bonchev–Trinajstić information content (AvgIpc) is 3.37. The number of benzene rings is 1. The summed E-state index contributed by atoms with van der Waals surface area (Å²) in [6.45, 7) is 2.01. The van der Waals surface area contributed by atoms with Crippen LogP contribution in [0.1, 0.15) is 18.1 Å². The Kier molecular flexibility index (Phi) is 4.80. The Morgan fingerprint density at radius 1 is 1.19 bits per heavy atom. The van der Waals surface area contributed by atoms with E-state index in [1.807, 2.05) is 60.3 Å². The normalized spacial score (nSPS) is 12.4. The van der Waals surface area contributed by atoms with E-state index in [1.165, 1.54) is 11.8 Å². The Balaban J connectivity index is 1.53. The Bertz CT molecular complexity index is 1010. The van der Waals surface area contributed by atoms with Gasteiger partial charge in [0.1, 0.15) is 0 Å². The van der Waals surface area contributed by atoms with Crippen molar-refractivity contribution >= 4 is 34.7 Å². The first kappa shape index (κ1) is 17.3. The monoisotopic (exact) mass is 403 g/mol. The van der Waals surface area contributed by atoms with Crippen molar-refractivity contribution in [1.29, 1.82) is 0 Å². The van der Waals surface area contributed by atoms with Gasteiger partial charge in [-0.3, -0.25) is 0 Å². The third-order valence-electron chi connectivity index (χ3n) is 3.75. The molecular weight excluding hydrogens is 390 g/mol. The third kappa shape index (κ3) is 3.40. The molecule has 0 aliphatic heterocycles. The van der Waals surface area contributed by atoms with E-state index in [-0.39, 0.29) is 5.25 Å². The number of thioether (sulfide) groups is 1. The first-order valence-electron chi connectivity index (χ1n) is 7.81. The lowest BCUT2D eigenvalue weighted by atomic mass is 10.2. The fourth-order valence-electron chi connectivity index (χ4n) is 2.38. The van der Waals surface area contributed by atoms with Crippen molar-refractivity contribution in [2.24, 2.45) is 7.05 Å². The quantitative estimate of drug-likeness (QED) is 0.432. The van der Waals surface area contributed by atoms with Gasteiger partial charge in [-0.25, -0.2) is 0 Å². The van der Waals surface area contributed by atoms with Gasteiger partial charge in [-0.15, -0.1) is 21.5 Å². The van der Waals surface area contributed by atoms with E-state index < -0.39 is 0 Å². The van der Waals surface area contributed by atoms with Crippen LogP contribution in [0.4, 0.5) is 0 Å². The second-order valence-corrected chi connectivity index (χ2v) is 8.26. The summed E-state index contributed by atoms with van der Waals surface area (Å²) < 4.78 is 7.36. The van der Waals surface area contributed by atoms with Crippen LogP contribution in [0.25, 0.3) is 22.1 Å². The van der Waals surface area contributed by atoms with Gasteiger partial charge in [0.25, 0.3) is 0 Å². The summed E-state index contributed by atoms with van der Waals surface area (Å²) in [4.78, 5) is 5.48. The van der Waals surface area contributed by atoms with Crippen molar-refractivity contribution in [3.8, 4) is 22.1 Å². The van der Waals surface area contributed by atoms with E-state index in [9.17, 15) is 0 Å². The molecule has 6 nitrogen and oxygen atoms in total. The predicted octanol–water partition coefficient (Wildman–Crippen LogP) is 5.10. The van der Waals surface area contributed by atoms with Gasteiger partial charge in [0, 0.05) is 17.6 Å². The largest absolute Gasteiger partial charge is 0.338 e. The molecule has 1 atom stereocenters. The molecule has 4 aromatic rings. The molecule has 132 valence electrons. The number of thiophene rings is 1. The first-order valence-corrected chi connectivity index (χ1v) is 9.95. The summed E-state index contributed by atoms with van der Waals surface area (Å²) >= 11 is 9.05. The summed E-state index contributed by atoms with van der Waals surface area (Å²) in [5.41, 5.74) is 0.960. The lowest BCUT2D eigenvalue weighted by molar-refractivity contribution is 0.380. The van der Waals surface area contributed by atoms with Crippen LogP contribution in [0.5, 0.6) is 0 Å². The molecule has 1 unspecified atom stereocenters. The smallest absolute Gasteiger partial charge is 0.240 e. The van der Waals surface area contributed by atoms with Crippen molar-refractivity contribution < 1.29 is 4.52 Å². The summed E-state index contributed by atoms with van der Waals surface area (Å²) in [5.74, 6) is 1.96. The molecule has 0 aliphatic rings. The van der Waals surface area contributed by atoms with E-state index >= 15 is 0 Å². The number of nitrogens with zero attached hydrogens (tertiary/aromatic N) is 5. The number of rotatable bonds is 5. The van der Waals surface area contributed by atoms with Crippen molar-refractivity contribution in [2.75, 3.05) is 0 Å². The number of halogens is 1. The molecule has 3 aromatic heterocycles. The molecule has 0 saturated carbocycles. The maximum atomic E-state index is 5.95. The van der Waals surface area contributed by atoms with Crippen molar-refractivity contribution in [1.82, 2.24) is 24.9 Å². The maximum Gasteiger partial charge on any atom is 0.240 e. The molecule has 0 radical (unpaired) electrons. The molecule has 4 rings (SSSR count). The van der Waals surface area contributed by atoms with Crippen LogP contribution in [0, 0.1) is 0 Å². The van der Waals surface area contributed by atoms with Crippen LogP contribution in [0.15, 0.2) is 51.5 Å². The van der Waals surface area contributed by atoms with Gasteiger partial charge in [-0.1, -0.05) is 34.6 Å². The fourth-order valence-corrected chi connectivity index (χ4v) is 4.00. The predicted molar refractivity (Wildman–Crippen MR) is 103 cm³/mol. The molecule has 0 N–H and O–H groups in total. The van der Waals surface area contributed by atoms with Crippen LogP contribution < -0.4 is 0 Å². The second-order valence-electron chi connectivity index (χ2n) is 5.57. The van der Waals surface area contributed by atoms with Crippen LogP contribution in [-0.4, -0.2) is 24.9 Å². The van der Waals surface area contributed by atoms with E-state index in [4.69, 9.17) is 16.1 Å². The van der Waals surface area contributed by atoms with E-state index in [0.717, 1.165) is 21.4 Å². The number of hydrogen-bond donors (Lipinski definition) is 0. The Morgan fingerprint density at radius 3 is 2.73 bits per heavy atom. The highest BCUT2D eigenvalue weighted by molar-refractivity contribution is 7.99. The molecule has 9 heteroatoms. The molecule has 3 heterocycles. The third-order valence-corrected chi connectivity index (χ3v) is 5.99. The Hall–Kier alpha value is -2.16. The molecule has 0 bridgehead atoms. The fraction of sp³-hybridized carbons (Fsp3) is 0.176. The van der Waals surface area contributed by atoms with Gasteiger partial charge in [0.2, 0.25) is 11.7 Å². The average molecular weight is 404 g/mol.